The number of hydrogen-bond acceptors (Lipinski definition) is 3. The Morgan fingerprint density at radius 3 is 2.41 bits per heavy atom. The maximum atomic E-state index is 12.9. The fourth-order valence-corrected chi connectivity index (χ4v) is 2.96. The maximum Gasteiger partial charge on any atom is 0.227 e. The van der Waals surface area contributed by atoms with Crippen molar-refractivity contribution in [2.24, 2.45) is 5.92 Å². The van der Waals surface area contributed by atoms with Crippen molar-refractivity contribution in [2.75, 3.05) is 32.7 Å². The van der Waals surface area contributed by atoms with Crippen molar-refractivity contribution >= 4 is 5.91 Å². The van der Waals surface area contributed by atoms with Gasteiger partial charge in [0.15, 0.2) is 0 Å². The van der Waals surface area contributed by atoms with E-state index in [4.69, 9.17) is 0 Å². The van der Waals surface area contributed by atoms with Gasteiger partial charge in [-0.05, 0) is 36.5 Å². The minimum absolute atomic E-state index is 0.0917. The van der Waals surface area contributed by atoms with E-state index in [-0.39, 0.29) is 17.8 Å². The monoisotopic (exact) mass is 306 g/mol. The summed E-state index contributed by atoms with van der Waals surface area (Å²) in [7, 11) is 0. The number of amides is 1. The van der Waals surface area contributed by atoms with E-state index in [1.54, 1.807) is 12.1 Å². The lowest BCUT2D eigenvalue weighted by atomic mass is 10.1. The van der Waals surface area contributed by atoms with E-state index >= 15 is 0 Å². The summed E-state index contributed by atoms with van der Waals surface area (Å²) in [5.41, 5.74) is 0.845. The van der Waals surface area contributed by atoms with Crippen molar-refractivity contribution in [3.05, 3.63) is 35.6 Å². The van der Waals surface area contributed by atoms with E-state index in [2.05, 4.69) is 4.90 Å². The van der Waals surface area contributed by atoms with E-state index in [0.717, 1.165) is 38.0 Å². The van der Waals surface area contributed by atoms with Gasteiger partial charge in [-0.25, -0.2) is 4.39 Å². The van der Waals surface area contributed by atoms with Gasteiger partial charge in [0, 0.05) is 32.7 Å². The van der Waals surface area contributed by atoms with Crippen LogP contribution in [-0.2, 0) is 11.2 Å². The van der Waals surface area contributed by atoms with Gasteiger partial charge in [0.05, 0.1) is 12.5 Å². The number of halogens is 1. The number of β-amino-alcohol motifs (C(OH)–C–C–N with tert-alkyl or cyclic N) is 1. The second-order valence-electron chi connectivity index (χ2n) is 6.39. The maximum absolute atomic E-state index is 12.9. The largest absolute Gasteiger partial charge is 0.392 e. The molecule has 0 aromatic heterocycles. The zero-order chi connectivity index (χ0) is 15.5. The Hall–Kier alpha value is -1.46. The Morgan fingerprint density at radius 1 is 1.18 bits per heavy atom. The first-order valence-corrected chi connectivity index (χ1v) is 8.04. The van der Waals surface area contributed by atoms with Crippen LogP contribution in [0.3, 0.4) is 0 Å². The molecule has 0 unspecified atom stereocenters. The molecule has 2 fully saturated rings. The molecule has 1 atom stereocenters. The Labute approximate surface area is 130 Å². The average molecular weight is 306 g/mol. The highest BCUT2D eigenvalue weighted by molar-refractivity contribution is 5.78. The number of nitrogens with zero attached hydrogens (tertiary/aromatic N) is 2. The molecule has 22 heavy (non-hydrogen) atoms. The van der Waals surface area contributed by atoms with Gasteiger partial charge in [0.2, 0.25) is 5.91 Å². The first-order valence-electron chi connectivity index (χ1n) is 8.04. The lowest BCUT2D eigenvalue weighted by Gasteiger charge is -2.35. The summed E-state index contributed by atoms with van der Waals surface area (Å²) in [6.45, 7) is 3.78. The third kappa shape index (κ3) is 4.05. The number of benzene rings is 1. The molecule has 1 aromatic carbocycles. The molecule has 3 rings (SSSR count). The van der Waals surface area contributed by atoms with Crippen LogP contribution < -0.4 is 0 Å². The topological polar surface area (TPSA) is 43.8 Å². The van der Waals surface area contributed by atoms with E-state index in [9.17, 15) is 14.3 Å². The van der Waals surface area contributed by atoms with Crippen LogP contribution in [0.2, 0.25) is 0 Å². The van der Waals surface area contributed by atoms with Crippen LogP contribution in [0, 0.1) is 11.7 Å². The molecule has 1 aliphatic carbocycles. The second-order valence-corrected chi connectivity index (χ2v) is 6.39. The molecule has 0 bridgehead atoms. The highest BCUT2D eigenvalue weighted by Crippen LogP contribution is 2.32. The zero-order valence-electron chi connectivity index (χ0n) is 12.7. The van der Waals surface area contributed by atoms with Crippen molar-refractivity contribution in [2.45, 2.75) is 25.4 Å². The van der Waals surface area contributed by atoms with Gasteiger partial charge in [0.1, 0.15) is 5.82 Å². The number of aliphatic hydroxyl groups is 1. The molecule has 5 heteroatoms. The molecule has 1 N–H and O–H groups in total. The SMILES string of the molecule is O=C(Cc1ccc(F)cc1)N1CCN(C[C@H](O)C2CC2)CC1. The number of aliphatic hydroxyl groups excluding tert-OH is 1. The highest BCUT2D eigenvalue weighted by atomic mass is 19.1. The molecule has 4 nitrogen and oxygen atoms in total. The molecule has 1 aliphatic heterocycles. The zero-order valence-corrected chi connectivity index (χ0v) is 12.7. The van der Waals surface area contributed by atoms with Crippen molar-refractivity contribution in [3.8, 4) is 0 Å². The Bertz CT molecular complexity index is 508. The van der Waals surface area contributed by atoms with Gasteiger partial charge < -0.3 is 10.0 Å². The van der Waals surface area contributed by atoms with Crippen LogP contribution in [0.15, 0.2) is 24.3 Å². The van der Waals surface area contributed by atoms with E-state index in [0.29, 0.717) is 25.4 Å². The first-order chi connectivity index (χ1) is 10.6. The molecule has 1 heterocycles. The predicted octanol–water partition coefficient (Wildman–Crippen LogP) is 1.28. The minimum Gasteiger partial charge on any atom is -0.392 e. The molecule has 0 spiro atoms. The summed E-state index contributed by atoms with van der Waals surface area (Å²) in [5, 5.41) is 9.98. The number of carbonyl (C=O) groups excluding carboxylic acids is 1. The second kappa shape index (κ2) is 6.75. The Balaban J connectivity index is 1.44. The summed E-state index contributed by atoms with van der Waals surface area (Å²) in [5.74, 6) is 0.311. The summed E-state index contributed by atoms with van der Waals surface area (Å²) in [6, 6.07) is 6.10. The van der Waals surface area contributed by atoms with E-state index in [1.807, 2.05) is 4.90 Å². The molecule has 2 aliphatic rings. The highest BCUT2D eigenvalue weighted by Gasteiger charge is 2.32. The van der Waals surface area contributed by atoms with Gasteiger partial charge in [0.25, 0.3) is 0 Å². The summed E-state index contributed by atoms with van der Waals surface area (Å²) < 4.78 is 12.9. The average Bonchev–Trinajstić information content (AvgIpc) is 3.35. The van der Waals surface area contributed by atoms with E-state index < -0.39 is 0 Å². The standard InChI is InChI=1S/C17H23FN2O2/c18-15-5-1-13(2-6-15)11-17(22)20-9-7-19(8-10-20)12-16(21)14-3-4-14/h1-2,5-6,14,16,21H,3-4,7-12H2/t16-/m0/s1. The number of piperazine rings is 1. The lowest BCUT2D eigenvalue weighted by Crippen LogP contribution is -2.51. The smallest absolute Gasteiger partial charge is 0.227 e. The number of hydrogen-bond donors (Lipinski definition) is 1. The molecule has 1 aromatic rings. The van der Waals surface area contributed by atoms with Crippen LogP contribution in [0.1, 0.15) is 18.4 Å². The fourth-order valence-electron chi connectivity index (χ4n) is 2.96. The normalized spacial score (nSPS) is 20.9. The fraction of sp³-hybridized carbons (Fsp3) is 0.588. The van der Waals surface area contributed by atoms with Gasteiger partial charge in [-0.3, -0.25) is 9.69 Å². The molecule has 120 valence electrons. The van der Waals surface area contributed by atoms with Crippen molar-refractivity contribution in [1.82, 2.24) is 9.80 Å². The van der Waals surface area contributed by atoms with Crippen LogP contribution in [-0.4, -0.2) is 59.6 Å². The molecule has 1 saturated carbocycles. The summed E-state index contributed by atoms with van der Waals surface area (Å²) in [6.07, 6.45) is 2.42. The van der Waals surface area contributed by atoms with E-state index in [1.165, 1.54) is 12.1 Å². The third-order valence-corrected chi connectivity index (χ3v) is 4.61. The molecule has 1 saturated heterocycles. The first kappa shape index (κ1) is 15.4. The number of carbonyl (C=O) groups is 1. The summed E-state index contributed by atoms with van der Waals surface area (Å²) in [4.78, 5) is 16.4. The molecular weight excluding hydrogens is 283 g/mol. The van der Waals surface area contributed by atoms with Crippen molar-refractivity contribution < 1.29 is 14.3 Å². The summed E-state index contributed by atoms with van der Waals surface area (Å²) >= 11 is 0. The third-order valence-electron chi connectivity index (χ3n) is 4.61. The van der Waals surface area contributed by atoms with Gasteiger partial charge in [-0.1, -0.05) is 12.1 Å². The van der Waals surface area contributed by atoms with Crippen LogP contribution in [0.5, 0.6) is 0 Å². The predicted molar refractivity (Wildman–Crippen MR) is 81.9 cm³/mol. The van der Waals surface area contributed by atoms with Gasteiger partial charge in [-0.15, -0.1) is 0 Å². The van der Waals surface area contributed by atoms with Gasteiger partial charge >= 0.3 is 0 Å². The van der Waals surface area contributed by atoms with Crippen LogP contribution in [0.25, 0.3) is 0 Å². The Kier molecular flexibility index (Phi) is 4.74. The molecular formula is C17H23FN2O2. The van der Waals surface area contributed by atoms with Crippen LogP contribution >= 0.6 is 0 Å². The molecule has 1 amide bonds. The quantitative estimate of drug-likeness (QED) is 0.891. The lowest BCUT2D eigenvalue weighted by molar-refractivity contribution is -0.132. The van der Waals surface area contributed by atoms with Crippen LogP contribution in [0.4, 0.5) is 4.39 Å². The number of rotatable bonds is 5. The Morgan fingerprint density at radius 2 is 1.82 bits per heavy atom. The molecule has 0 radical (unpaired) electrons. The minimum atomic E-state index is -0.279. The van der Waals surface area contributed by atoms with Crippen molar-refractivity contribution in [3.63, 3.8) is 0 Å². The van der Waals surface area contributed by atoms with Crippen molar-refractivity contribution in [1.29, 1.82) is 0 Å². The van der Waals surface area contributed by atoms with Gasteiger partial charge in [-0.2, -0.15) is 0 Å².